The van der Waals surface area contributed by atoms with Crippen LogP contribution >= 0.6 is 0 Å². The Morgan fingerprint density at radius 1 is 1.12 bits per heavy atom. The fraction of sp³-hybridized carbons (Fsp3) is 0.231. The Kier molecular flexibility index (Phi) is 3.23. The molecule has 17 heavy (non-hydrogen) atoms. The Morgan fingerprint density at radius 2 is 1.82 bits per heavy atom. The molecule has 1 heterocycles. The Balaban J connectivity index is 2.29. The van der Waals surface area contributed by atoms with Crippen molar-refractivity contribution in [3.63, 3.8) is 0 Å². The molecule has 0 spiro atoms. The van der Waals surface area contributed by atoms with Gasteiger partial charge in [-0.15, -0.1) is 0 Å². The third kappa shape index (κ3) is 2.93. The van der Waals surface area contributed by atoms with E-state index in [4.69, 9.17) is 10.5 Å². The van der Waals surface area contributed by atoms with Gasteiger partial charge in [-0.25, -0.2) is 9.97 Å². The predicted molar refractivity (Wildman–Crippen MR) is 67.6 cm³/mol. The highest BCUT2D eigenvalue weighted by molar-refractivity contribution is 5.63. The molecule has 0 atom stereocenters. The normalized spacial score (nSPS) is 10.5. The Morgan fingerprint density at radius 3 is 2.47 bits per heavy atom. The second-order valence-corrected chi connectivity index (χ2v) is 4.02. The number of anilines is 1. The minimum Gasteiger partial charge on any atom is -0.491 e. The average molecular weight is 229 g/mol. The second-order valence-electron chi connectivity index (χ2n) is 4.02. The molecule has 88 valence electrons. The molecule has 1 aromatic carbocycles. The van der Waals surface area contributed by atoms with Crippen LogP contribution in [0.2, 0.25) is 0 Å². The highest BCUT2D eigenvalue weighted by Gasteiger charge is 2.02. The molecule has 0 radical (unpaired) electrons. The van der Waals surface area contributed by atoms with Crippen LogP contribution in [-0.4, -0.2) is 16.1 Å². The van der Waals surface area contributed by atoms with E-state index in [1.54, 1.807) is 12.4 Å². The summed E-state index contributed by atoms with van der Waals surface area (Å²) >= 11 is 0. The lowest BCUT2D eigenvalue weighted by atomic mass is 10.1. The van der Waals surface area contributed by atoms with Crippen molar-refractivity contribution in [3.05, 3.63) is 36.7 Å². The molecule has 2 aromatic rings. The Bertz CT molecular complexity index is 494. The van der Waals surface area contributed by atoms with Crippen molar-refractivity contribution < 1.29 is 4.74 Å². The van der Waals surface area contributed by atoms with Gasteiger partial charge in [-0.05, 0) is 31.5 Å². The van der Waals surface area contributed by atoms with E-state index in [0.29, 0.717) is 0 Å². The van der Waals surface area contributed by atoms with Crippen LogP contribution in [0.4, 0.5) is 5.95 Å². The lowest BCUT2D eigenvalue weighted by Crippen LogP contribution is -2.05. The number of aromatic nitrogens is 2. The predicted octanol–water partition coefficient (Wildman–Crippen LogP) is 2.51. The van der Waals surface area contributed by atoms with E-state index in [-0.39, 0.29) is 12.1 Å². The number of benzene rings is 1. The first-order chi connectivity index (χ1) is 8.15. The molecule has 0 saturated heterocycles. The topological polar surface area (TPSA) is 61.0 Å². The van der Waals surface area contributed by atoms with Crippen molar-refractivity contribution >= 4 is 5.95 Å². The van der Waals surface area contributed by atoms with Gasteiger partial charge >= 0.3 is 0 Å². The van der Waals surface area contributed by atoms with Crippen LogP contribution in [0.25, 0.3) is 11.1 Å². The molecule has 4 heteroatoms. The van der Waals surface area contributed by atoms with Gasteiger partial charge in [0.15, 0.2) is 0 Å². The van der Waals surface area contributed by atoms with Gasteiger partial charge in [0.2, 0.25) is 5.95 Å². The first kappa shape index (κ1) is 11.4. The van der Waals surface area contributed by atoms with Gasteiger partial charge < -0.3 is 10.5 Å². The smallest absolute Gasteiger partial charge is 0.219 e. The van der Waals surface area contributed by atoms with Crippen LogP contribution in [0.1, 0.15) is 13.8 Å². The van der Waals surface area contributed by atoms with E-state index < -0.39 is 0 Å². The van der Waals surface area contributed by atoms with Gasteiger partial charge in [-0.3, -0.25) is 0 Å². The highest BCUT2D eigenvalue weighted by atomic mass is 16.5. The number of ether oxygens (including phenoxy) is 1. The molecular weight excluding hydrogens is 214 g/mol. The van der Waals surface area contributed by atoms with Crippen molar-refractivity contribution in [3.8, 4) is 16.9 Å². The lowest BCUT2D eigenvalue weighted by Gasteiger charge is -2.10. The van der Waals surface area contributed by atoms with Crippen LogP contribution < -0.4 is 10.5 Å². The number of rotatable bonds is 3. The Labute approximate surface area is 100 Å². The van der Waals surface area contributed by atoms with Crippen LogP contribution in [0.3, 0.4) is 0 Å². The summed E-state index contributed by atoms with van der Waals surface area (Å²) in [6.07, 6.45) is 3.57. The van der Waals surface area contributed by atoms with Crippen molar-refractivity contribution in [2.45, 2.75) is 20.0 Å². The second kappa shape index (κ2) is 4.82. The number of nitrogens with two attached hydrogens (primary N) is 1. The maximum atomic E-state index is 5.63. The lowest BCUT2D eigenvalue weighted by molar-refractivity contribution is 0.242. The van der Waals surface area contributed by atoms with E-state index in [1.165, 1.54) is 0 Å². The van der Waals surface area contributed by atoms with Crippen LogP contribution in [0.5, 0.6) is 5.75 Å². The SMILES string of the molecule is CC(C)Oc1cccc(-c2cnc(N)nc2)c1. The molecule has 0 bridgehead atoms. The summed E-state index contributed by atoms with van der Waals surface area (Å²) in [6.45, 7) is 4.00. The van der Waals surface area contributed by atoms with Gasteiger partial charge in [-0.1, -0.05) is 12.1 Å². The minimum absolute atomic E-state index is 0.160. The summed E-state index contributed by atoms with van der Waals surface area (Å²) < 4.78 is 5.63. The molecule has 0 fully saturated rings. The molecule has 0 aliphatic carbocycles. The van der Waals surface area contributed by atoms with Crippen molar-refractivity contribution in [2.24, 2.45) is 0 Å². The van der Waals surface area contributed by atoms with Crippen LogP contribution in [0, 0.1) is 0 Å². The molecule has 2 N–H and O–H groups in total. The molecule has 0 unspecified atom stereocenters. The zero-order valence-corrected chi connectivity index (χ0v) is 9.92. The first-order valence-electron chi connectivity index (χ1n) is 5.50. The summed E-state index contributed by atoms with van der Waals surface area (Å²) in [5.74, 6) is 1.12. The van der Waals surface area contributed by atoms with Gasteiger partial charge in [0.1, 0.15) is 5.75 Å². The summed E-state index contributed by atoms with van der Waals surface area (Å²) in [4.78, 5) is 7.94. The third-order valence-electron chi connectivity index (χ3n) is 2.21. The number of hydrogen-bond acceptors (Lipinski definition) is 4. The first-order valence-corrected chi connectivity index (χ1v) is 5.50. The molecule has 0 saturated carbocycles. The van der Waals surface area contributed by atoms with Gasteiger partial charge in [-0.2, -0.15) is 0 Å². The maximum absolute atomic E-state index is 5.63. The molecule has 2 rings (SSSR count). The standard InChI is InChI=1S/C13H15N3O/c1-9(2)17-12-5-3-4-10(6-12)11-7-15-13(14)16-8-11/h3-9H,1-2H3,(H2,14,15,16). The molecule has 0 amide bonds. The number of nitrogen functional groups attached to an aromatic ring is 1. The average Bonchev–Trinajstić information content (AvgIpc) is 2.29. The van der Waals surface area contributed by atoms with Crippen molar-refractivity contribution in [1.82, 2.24) is 9.97 Å². The maximum Gasteiger partial charge on any atom is 0.219 e. The molecule has 4 nitrogen and oxygen atoms in total. The molecule has 0 aliphatic heterocycles. The van der Waals surface area contributed by atoms with Gasteiger partial charge in [0, 0.05) is 18.0 Å². The number of nitrogens with zero attached hydrogens (tertiary/aromatic N) is 2. The van der Waals surface area contributed by atoms with Crippen molar-refractivity contribution in [2.75, 3.05) is 5.73 Å². The summed E-state index contributed by atoms with van der Waals surface area (Å²) in [5, 5.41) is 0. The van der Waals surface area contributed by atoms with Crippen LogP contribution in [0.15, 0.2) is 36.7 Å². The number of hydrogen-bond donors (Lipinski definition) is 1. The van der Waals surface area contributed by atoms with Gasteiger partial charge in [0.05, 0.1) is 6.10 Å². The highest BCUT2D eigenvalue weighted by Crippen LogP contribution is 2.23. The molecule has 1 aromatic heterocycles. The Hall–Kier alpha value is -2.10. The largest absolute Gasteiger partial charge is 0.491 e. The van der Waals surface area contributed by atoms with E-state index in [2.05, 4.69) is 9.97 Å². The summed E-state index contributed by atoms with van der Waals surface area (Å²) in [7, 11) is 0. The summed E-state index contributed by atoms with van der Waals surface area (Å²) in [5.41, 5.74) is 7.39. The van der Waals surface area contributed by atoms with Gasteiger partial charge in [0.25, 0.3) is 0 Å². The zero-order chi connectivity index (χ0) is 12.3. The van der Waals surface area contributed by atoms with E-state index >= 15 is 0 Å². The fourth-order valence-corrected chi connectivity index (χ4v) is 1.51. The van der Waals surface area contributed by atoms with Crippen LogP contribution in [-0.2, 0) is 0 Å². The molecular formula is C13H15N3O. The van der Waals surface area contributed by atoms with E-state index in [0.717, 1.165) is 16.9 Å². The fourth-order valence-electron chi connectivity index (χ4n) is 1.51. The third-order valence-corrected chi connectivity index (χ3v) is 2.21. The zero-order valence-electron chi connectivity index (χ0n) is 9.92. The quantitative estimate of drug-likeness (QED) is 0.878. The van der Waals surface area contributed by atoms with E-state index in [1.807, 2.05) is 38.1 Å². The van der Waals surface area contributed by atoms with E-state index in [9.17, 15) is 0 Å². The monoisotopic (exact) mass is 229 g/mol. The minimum atomic E-state index is 0.160. The summed E-state index contributed by atoms with van der Waals surface area (Å²) in [6, 6.07) is 7.84. The molecule has 0 aliphatic rings. The van der Waals surface area contributed by atoms with Crippen molar-refractivity contribution in [1.29, 1.82) is 0 Å².